The van der Waals surface area contributed by atoms with Crippen LogP contribution >= 0.6 is 0 Å². The van der Waals surface area contributed by atoms with Crippen molar-refractivity contribution in [1.82, 2.24) is 4.90 Å². The molecule has 1 heterocycles. The zero-order valence-corrected chi connectivity index (χ0v) is 9.81. The third-order valence-electron chi connectivity index (χ3n) is 2.69. The Labute approximate surface area is 100 Å². The highest BCUT2D eigenvalue weighted by Crippen LogP contribution is 2.26. The van der Waals surface area contributed by atoms with E-state index in [1.165, 1.54) is 4.90 Å². The third kappa shape index (κ3) is 1.69. The zero-order valence-electron chi connectivity index (χ0n) is 9.81. The fourth-order valence-electron chi connectivity index (χ4n) is 1.89. The van der Waals surface area contributed by atoms with E-state index in [1.807, 2.05) is 6.92 Å². The molecule has 0 saturated heterocycles. The molecule has 3 nitrogen and oxygen atoms in total. The molecule has 1 aromatic rings. The van der Waals surface area contributed by atoms with E-state index in [1.54, 1.807) is 49.4 Å². The second-order valence-electron chi connectivity index (χ2n) is 3.70. The summed E-state index contributed by atoms with van der Waals surface area (Å²) in [5.74, 6) is -0.506. The van der Waals surface area contributed by atoms with Crippen LogP contribution in [0.2, 0.25) is 0 Å². The number of hydrogen-bond donors (Lipinski definition) is 0. The molecule has 0 saturated carbocycles. The topological polar surface area (TPSA) is 37.4 Å². The Bertz CT molecular complexity index is 506. The third-order valence-corrected chi connectivity index (χ3v) is 2.69. The molecule has 2 rings (SSSR count). The fraction of sp³-hybridized carbons (Fsp3) is 0.143. The summed E-state index contributed by atoms with van der Waals surface area (Å²) in [6, 6.07) is 6.88. The molecule has 3 heteroatoms. The molecule has 0 spiro atoms. The van der Waals surface area contributed by atoms with Crippen LogP contribution in [-0.2, 0) is 0 Å². The van der Waals surface area contributed by atoms with Gasteiger partial charge in [-0.25, -0.2) is 4.90 Å². The van der Waals surface area contributed by atoms with Gasteiger partial charge >= 0.3 is 0 Å². The average molecular weight is 227 g/mol. The number of hydrogen-bond acceptors (Lipinski definition) is 2. The number of nitrogens with zero attached hydrogens (tertiary/aromatic N) is 1. The largest absolute Gasteiger partial charge is 0.268 e. The van der Waals surface area contributed by atoms with Gasteiger partial charge in [-0.05, 0) is 32.1 Å². The highest BCUT2D eigenvalue weighted by Gasteiger charge is 2.36. The molecule has 17 heavy (non-hydrogen) atoms. The summed E-state index contributed by atoms with van der Waals surface area (Å²) in [7, 11) is 0. The summed E-state index contributed by atoms with van der Waals surface area (Å²) < 4.78 is 0. The van der Waals surface area contributed by atoms with Crippen molar-refractivity contribution in [3.8, 4) is 0 Å². The van der Waals surface area contributed by atoms with Gasteiger partial charge in [0, 0.05) is 5.70 Å². The van der Waals surface area contributed by atoms with Gasteiger partial charge in [0.2, 0.25) is 0 Å². The van der Waals surface area contributed by atoms with E-state index >= 15 is 0 Å². The van der Waals surface area contributed by atoms with E-state index in [9.17, 15) is 9.59 Å². The van der Waals surface area contributed by atoms with Crippen LogP contribution in [0.5, 0.6) is 0 Å². The van der Waals surface area contributed by atoms with Crippen molar-refractivity contribution in [2.24, 2.45) is 0 Å². The second-order valence-corrected chi connectivity index (χ2v) is 3.70. The molecule has 0 fully saturated rings. The molecule has 0 aromatic heterocycles. The van der Waals surface area contributed by atoms with Crippen LogP contribution in [0.25, 0.3) is 0 Å². The van der Waals surface area contributed by atoms with Gasteiger partial charge in [-0.3, -0.25) is 9.59 Å². The highest BCUT2D eigenvalue weighted by molar-refractivity contribution is 6.22. The summed E-state index contributed by atoms with van der Waals surface area (Å²) in [5.41, 5.74) is 1.56. The minimum absolute atomic E-state index is 0.253. The number of amides is 2. The van der Waals surface area contributed by atoms with Gasteiger partial charge < -0.3 is 0 Å². The van der Waals surface area contributed by atoms with Crippen molar-refractivity contribution in [2.45, 2.75) is 13.8 Å². The summed E-state index contributed by atoms with van der Waals surface area (Å²) in [4.78, 5) is 25.4. The van der Waals surface area contributed by atoms with Crippen LogP contribution in [0, 0.1) is 0 Å². The molecular weight excluding hydrogens is 214 g/mol. The molecular formula is C14H13NO2. The van der Waals surface area contributed by atoms with Crippen molar-refractivity contribution in [1.29, 1.82) is 0 Å². The Kier molecular flexibility index (Phi) is 2.91. The van der Waals surface area contributed by atoms with Crippen molar-refractivity contribution < 1.29 is 9.59 Å². The first-order valence-corrected chi connectivity index (χ1v) is 5.47. The van der Waals surface area contributed by atoms with Crippen LogP contribution in [-0.4, -0.2) is 16.7 Å². The number of rotatable bonds is 2. The van der Waals surface area contributed by atoms with Crippen molar-refractivity contribution in [2.75, 3.05) is 0 Å². The van der Waals surface area contributed by atoms with Gasteiger partial charge in [-0.15, -0.1) is 0 Å². The van der Waals surface area contributed by atoms with Crippen LogP contribution in [0.3, 0.4) is 0 Å². The smallest absolute Gasteiger partial charge is 0.266 e. The number of benzene rings is 1. The number of carbonyl (C=O) groups excluding carboxylic acids is 2. The minimum Gasteiger partial charge on any atom is -0.268 e. The first-order valence-electron chi connectivity index (χ1n) is 5.47. The first kappa shape index (κ1) is 11.3. The predicted molar refractivity (Wildman–Crippen MR) is 65.5 cm³/mol. The summed E-state index contributed by atoms with van der Waals surface area (Å²) in [6.45, 7) is 3.65. The molecule has 1 aliphatic heterocycles. The van der Waals surface area contributed by atoms with Crippen molar-refractivity contribution in [3.05, 3.63) is 59.3 Å². The predicted octanol–water partition coefficient (Wildman–Crippen LogP) is 2.76. The Morgan fingerprint density at radius 3 is 2.00 bits per heavy atom. The quantitative estimate of drug-likeness (QED) is 0.575. The van der Waals surface area contributed by atoms with Crippen LogP contribution in [0.1, 0.15) is 34.6 Å². The lowest BCUT2D eigenvalue weighted by Crippen LogP contribution is -2.28. The maximum atomic E-state index is 12.1. The van der Waals surface area contributed by atoms with Crippen LogP contribution < -0.4 is 0 Å². The Hall–Kier alpha value is -2.16. The van der Waals surface area contributed by atoms with Gasteiger partial charge in [0.1, 0.15) is 0 Å². The fourth-order valence-corrected chi connectivity index (χ4v) is 1.89. The Morgan fingerprint density at radius 2 is 1.59 bits per heavy atom. The van der Waals surface area contributed by atoms with E-state index < -0.39 is 0 Å². The number of carbonyl (C=O) groups is 2. The zero-order chi connectivity index (χ0) is 12.4. The maximum absolute atomic E-state index is 12.1. The van der Waals surface area contributed by atoms with E-state index in [2.05, 4.69) is 0 Å². The molecule has 1 aromatic carbocycles. The maximum Gasteiger partial charge on any atom is 0.266 e. The monoisotopic (exact) mass is 227 g/mol. The van der Waals surface area contributed by atoms with Gasteiger partial charge in [0.15, 0.2) is 0 Å². The molecule has 2 amide bonds. The van der Waals surface area contributed by atoms with Crippen LogP contribution in [0.15, 0.2) is 48.2 Å². The van der Waals surface area contributed by atoms with Gasteiger partial charge in [-0.2, -0.15) is 0 Å². The summed E-state index contributed by atoms with van der Waals surface area (Å²) in [6.07, 6.45) is 5.31. The van der Waals surface area contributed by atoms with Crippen LogP contribution in [0.4, 0.5) is 0 Å². The number of imide groups is 1. The molecule has 0 aliphatic carbocycles. The molecule has 86 valence electrons. The summed E-state index contributed by atoms with van der Waals surface area (Å²) >= 11 is 0. The van der Waals surface area contributed by atoms with Gasteiger partial charge in [0.05, 0.1) is 11.1 Å². The number of fused-ring (bicyclic) bond motifs is 1. The number of allylic oxidation sites excluding steroid dienone is 3. The van der Waals surface area contributed by atoms with Crippen molar-refractivity contribution >= 4 is 11.8 Å². The molecule has 0 unspecified atom stereocenters. The minimum atomic E-state index is -0.253. The molecule has 1 aliphatic rings. The van der Waals surface area contributed by atoms with E-state index in [0.29, 0.717) is 16.8 Å². The molecule has 0 radical (unpaired) electrons. The Morgan fingerprint density at radius 1 is 1.06 bits per heavy atom. The average Bonchev–Trinajstić information content (AvgIpc) is 2.61. The SMILES string of the molecule is C/C=C\C(=C/C)N1C(=O)c2ccccc2C1=O. The lowest BCUT2D eigenvalue weighted by molar-refractivity contribution is 0.0709. The normalized spacial score (nSPS) is 15.9. The Balaban J connectivity index is 2.50. The van der Waals surface area contributed by atoms with Gasteiger partial charge in [-0.1, -0.05) is 24.3 Å². The standard InChI is InChI=1S/C14H13NO2/c1-3-7-10(4-2)15-13(16)11-8-5-6-9-12(11)14(15)17/h3-9H,1-2H3/b7-3-,10-4+. The molecule has 0 atom stereocenters. The molecule has 0 bridgehead atoms. The van der Waals surface area contributed by atoms with E-state index in [4.69, 9.17) is 0 Å². The first-order chi connectivity index (χ1) is 8.20. The van der Waals surface area contributed by atoms with E-state index in [-0.39, 0.29) is 11.8 Å². The van der Waals surface area contributed by atoms with E-state index in [0.717, 1.165) is 0 Å². The van der Waals surface area contributed by atoms with Crippen molar-refractivity contribution in [3.63, 3.8) is 0 Å². The lowest BCUT2D eigenvalue weighted by Gasteiger charge is -2.14. The highest BCUT2D eigenvalue weighted by atomic mass is 16.2. The summed E-state index contributed by atoms with van der Waals surface area (Å²) in [5, 5.41) is 0. The van der Waals surface area contributed by atoms with Gasteiger partial charge in [0.25, 0.3) is 11.8 Å². The second kappa shape index (κ2) is 4.37. The lowest BCUT2D eigenvalue weighted by atomic mass is 10.1. The molecule has 0 N–H and O–H groups in total.